The number of carboxylic acid groups (broad SMARTS) is 1. The van der Waals surface area contributed by atoms with Gasteiger partial charge in [0.15, 0.2) is 0 Å². The molecule has 34 heavy (non-hydrogen) atoms. The summed E-state index contributed by atoms with van der Waals surface area (Å²) < 4.78 is 46.2. The summed E-state index contributed by atoms with van der Waals surface area (Å²) >= 11 is 0. The van der Waals surface area contributed by atoms with E-state index in [1.54, 1.807) is 31.2 Å². The second-order valence-corrected chi connectivity index (χ2v) is 9.41. The van der Waals surface area contributed by atoms with Crippen molar-refractivity contribution in [3.8, 4) is 5.75 Å². The van der Waals surface area contributed by atoms with Gasteiger partial charge in [0, 0.05) is 25.7 Å². The van der Waals surface area contributed by atoms with E-state index in [0.29, 0.717) is 24.3 Å². The van der Waals surface area contributed by atoms with Crippen LogP contribution in [0.3, 0.4) is 0 Å². The van der Waals surface area contributed by atoms with Gasteiger partial charge in [-0.2, -0.15) is 13.2 Å². The third kappa shape index (κ3) is 5.55. The highest BCUT2D eigenvalue weighted by Crippen LogP contribution is 2.40. The maximum atomic E-state index is 13.5. The van der Waals surface area contributed by atoms with Crippen molar-refractivity contribution in [3.05, 3.63) is 64.7 Å². The molecule has 1 N–H and O–H groups in total. The van der Waals surface area contributed by atoms with Crippen LogP contribution in [-0.4, -0.2) is 65.9 Å². The van der Waals surface area contributed by atoms with Crippen LogP contribution in [0, 0.1) is 5.92 Å². The minimum Gasteiger partial charge on any atom is -0.492 e. The summed E-state index contributed by atoms with van der Waals surface area (Å²) in [5.41, 5.74) is 2.35. The Morgan fingerprint density at radius 3 is 2.47 bits per heavy atom. The molecule has 8 heteroatoms. The molecule has 1 fully saturated rings. The summed E-state index contributed by atoms with van der Waals surface area (Å²) in [6, 6.07) is 10.9. The number of carbonyl (C=O) groups is 1. The number of benzene rings is 2. The zero-order chi connectivity index (χ0) is 24.5. The van der Waals surface area contributed by atoms with Gasteiger partial charge in [0.05, 0.1) is 18.2 Å². The molecule has 0 radical (unpaired) electrons. The summed E-state index contributed by atoms with van der Waals surface area (Å²) in [5.74, 6) is 0.421. The van der Waals surface area contributed by atoms with Gasteiger partial charge in [0.2, 0.25) is 0 Å². The molecule has 2 aliphatic rings. The normalized spacial score (nSPS) is 21.7. The van der Waals surface area contributed by atoms with Crippen LogP contribution >= 0.6 is 0 Å². The van der Waals surface area contributed by atoms with Gasteiger partial charge in [-0.05, 0) is 60.2 Å². The number of likely N-dealkylation sites (tertiary alicyclic amines) is 1. The molecule has 0 aromatic heterocycles. The molecule has 0 bridgehead atoms. The molecule has 184 valence electrons. The highest BCUT2D eigenvalue weighted by molar-refractivity contribution is 5.88. The molecular formula is C26H31F3N2O3. The predicted octanol–water partition coefficient (Wildman–Crippen LogP) is 5.00. The number of aromatic carboxylic acids is 1. The van der Waals surface area contributed by atoms with Crippen LogP contribution in [0.15, 0.2) is 42.5 Å². The smallest absolute Gasteiger partial charge is 0.401 e. The number of rotatable bonds is 8. The van der Waals surface area contributed by atoms with Crippen molar-refractivity contribution >= 4 is 5.97 Å². The minimum absolute atomic E-state index is 0.144. The first kappa shape index (κ1) is 24.5. The fourth-order valence-electron chi connectivity index (χ4n) is 5.03. The molecule has 2 aromatic rings. The number of hydrogen-bond acceptors (Lipinski definition) is 4. The van der Waals surface area contributed by atoms with Crippen molar-refractivity contribution in [1.82, 2.24) is 9.80 Å². The standard InChI is InChI=1S/C26H31F3N2O3/c1-3-18-14-30(15-18)10-11-34-22-7-4-19(5-8-22)24-23-9-6-20(25(32)33)13-21(23)12-17(2)31(24)16-26(27,28)29/h4-9,13,17-18,24H,3,10-12,14-16H2,1-2H3,(H,32,33)/t17-,24-/m0/s1. The first-order chi connectivity index (χ1) is 16.1. The SMILES string of the molecule is CCC1CN(CCOc2ccc([C@H]3c4ccc(C(=O)O)cc4C[C@H](C)N3CC(F)(F)F)cc2)C1. The van der Waals surface area contributed by atoms with E-state index in [1.807, 2.05) is 12.1 Å². The number of alkyl halides is 3. The topological polar surface area (TPSA) is 53.0 Å². The quantitative estimate of drug-likeness (QED) is 0.581. The van der Waals surface area contributed by atoms with E-state index in [1.165, 1.54) is 17.4 Å². The first-order valence-corrected chi connectivity index (χ1v) is 11.8. The number of ether oxygens (including phenoxy) is 1. The highest BCUT2D eigenvalue weighted by atomic mass is 19.4. The lowest BCUT2D eigenvalue weighted by atomic mass is 9.84. The summed E-state index contributed by atoms with van der Waals surface area (Å²) in [6.07, 6.45) is -2.79. The van der Waals surface area contributed by atoms with E-state index >= 15 is 0 Å². The number of fused-ring (bicyclic) bond motifs is 1. The molecule has 0 amide bonds. The van der Waals surface area contributed by atoms with Crippen molar-refractivity contribution in [1.29, 1.82) is 0 Å². The van der Waals surface area contributed by atoms with Crippen LogP contribution < -0.4 is 4.74 Å². The molecule has 2 aromatic carbocycles. The van der Waals surface area contributed by atoms with Gasteiger partial charge < -0.3 is 9.84 Å². The Morgan fingerprint density at radius 2 is 1.85 bits per heavy atom. The number of hydrogen-bond donors (Lipinski definition) is 1. The van der Waals surface area contributed by atoms with Crippen LogP contribution in [0.2, 0.25) is 0 Å². The molecule has 2 heterocycles. The zero-order valence-electron chi connectivity index (χ0n) is 19.5. The van der Waals surface area contributed by atoms with Gasteiger partial charge in [-0.15, -0.1) is 0 Å². The Bertz CT molecular complexity index is 1000. The molecule has 2 aliphatic heterocycles. The lowest BCUT2D eigenvalue weighted by molar-refractivity contribution is -0.155. The van der Waals surface area contributed by atoms with Gasteiger partial charge >= 0.3 is 12.1 Å². The Morgan fingerprint density at radius 1 is 1.15 bits per heavy atom. The minimum atomic E-state index is -4.35. The summed E-state index contributed by atoms with van der Waals surface area (Å²) in [4.78, 5) is 15.2. The highest BCUT2D eigenvalue weighted by Gasteiger charge is 2.40. The monoisotopic (exact) mass is 476 g/mol. The van der Waals surface area contributed by atoms with E-state index < -0.39 is 30.8 Å². The Labute approximate surface area is 198 Å². The molecule has 0 saturated carbocycles. The largest absolute Gasteiger partial charge is 0.492 e. The van der Waals surface area contributed by atoms with Crippen molar-refractivity contribution in [2.45, 2.75) is 44.9 Å². The third-order valence-electron chi connectivity index (χ3n) is 6.94. The number of nitrogens with zero attached hydrogens (tertiary/aromatic N) is 2. The van der Waals surface area contributed by atoms with Gasteiger partial charge in [-0.3, -0.25) is 9.80 Å². The summed E-state index contributed by atoms with van der Waals surface area (Å²) in [5, 5.41) is 9.34. The van der Waals surface area contributed by atoms with Gasteiger partial charge in [0.1, 0.15) is 12.4 Å². The zero-order valence-corrected chi connectivity index (χ0v) is 19.5. The second-order valence-electron chi connectivity index (χ2n) is 9.41. The van der Waals surface area contributed by atoms with Crippen LogP contribution in [0.4, 0.5) is 13.2 Å². The summed E-state index contributed by atoms with van der Waals surface area (Å²) in [7, 11) is 0. The van der Waals surface area contributed by atoms with E-state index in [-0.39, 0.29) is 5.56 Å². The molecule has 4 rings (SSSR count). The maximum Gasteiger partial charge on any atom is 0.401 e. The fourth-order valence-corrected chi connectivity index (χ4v) is 5.03. The maximum absolute atomic E-state index is 13.5. The Kier molecular flexibility index (Phi) is 7.19. The van der Waals surface area contributed by atoms with Crippen LogP contribution in [-0.2, 0) is 6.42 Å². The van der Waals surface area contributed by atoms with Crippen molar-refractivity contribution in [3.63, 3.8) is 0 Å². The molecule has 1 saturated heterocycles. The van der Waals surface area contributed by atoms with E-state index in [9.17, 15) is 23.1 Å². The van der Waals surface area contributed by atoms with Gasteiger partial charge in [0.25, 0.3) is 0 Å². The lowest BCUT2D eigenvalue weighted by Crippen LogP contribution is -2.47. The van der Waals surface area contributed by atoms with Crippen LogP contribution in [0.25, 0.3) is 0 Å². The Balaban J connectivity index is 1.53. The van der Waals surface area contributed by atoms with Gasteiger partial charge in [-0.1, -0.05) is 31.5 Å². The molecular weight excluding hydrogens is 445 g/mol. The predicted molar refractivity (Wildman–Crippen MR) is 123 cm³/mol. The number of carboxylic acids is 1. The average Bonchev–Trinajstić information content (AvgIpc) is 2.75. The summed E-state index contributed by atoms with van der Waals surface area (Å²) in [6.45, 7) is 6.56. The molecule has 0 spiro atoms. The number of halogens is 3. The van der Waals surface area contributed by atoms with E-state index in [0.717, 1.165) is 36.7 Å². The second kappa shape index (κ2) is 9.96. The Hall–Kier alpha value is -2.58. The van der Waals surface area contributed by atoms with E-state index in [4.69, 9.17) is 4.74 Å². The van der Waals surface area contributed by atoms with Gasteiger partial charge in [-0.25, -0.2) is 4.79 Å². The average molecular weight is 477 g/mol. The first-order valence-electron chi connectivity index (χ1n) is 11.8. The fraction of sp³-hybridized carbons (Fsp3) is 0.500. The molecule has 0 unspecified atom stereocenters. The van der Waals surface area contributed by atoms with Crippen molar-refractivity contribution in [2.75, 3.05) is 32.8 Å². The van der Waals surface area contributed by atoms with Crippen LogP contribution in [0.5, 0.6) is 5.75 Å². The van der Waals surface area contributed by atoms with Crippen LogP contribution in [0.1, 0.15) is 53.4 Å². The van der Waals surface area contributed by atoms with E-state index in [2.05, 4.69) is 11.8 Å². The third-order valence-corrected chi connectivity index (χ3v) is 6.94. The lowest BCUT2D eigenvalue weighted by Gasteiger charge is -2.42. The van der Waals surface area contributed by atoms with Crippen molar-refractivity contribution < 1.29 is 27.8 Å². The molecule has 5 nitrogen and oxygen atoms in total. The van der Waals surface area contributed by atoms with Crippen molar-refractivity contribution in [2.24, 2.45) is 5.92 Å². The molecule has 2 atom stereocenters. The molecule has 0 aliphatic carbocycles.